The summed E-state index contributed by atoms with van der Waals surface area (Å²) in [5, 5.41) is 3.87. The first-order valence-corrected chi connectivity index (χ1v) is 9.60. The third kappa shape index (κ3) is 3.89. The molecule has 2 fully saturated rings. The van der Waals surface area contributed by atoms with Crippen molar-refractivity contribution in [3.8, 4) is 0 Å². The first kappa shape index (κ1) is 17.2. The van der Waals surface area contributed by atoms with Gasteiger partial charge in [0.25, 0.3) is 5.91 Å². The van der Waals surface area contributed by atoms with E-state index in [1.807, 2.05) is 28.7 Å². The Morgan fingerprint density at radius 3 is 2.67 bits per heavy atom. The summed E-state index contributed by atoms with van der Waals surface area (Å²) >= 11 is 1.56. The van der Waals surface area contributed by atoms with Crippen LogP contribution in [0.25, 0.3) is 0 Å². The fourth-order valence-corrected chi connectivity index (χ4v) is 4.12. The van der Waals surface area contributed by atoms with E-state index in [-0.39, 0.29) is 12.0 Å². The first-order chi connectivity index (χ1) is 11.7. The molecule has 1 aromatic heterocycles. The Bertz CT molecular complexity index is 555. The topological polar surface area (TPSA) is 53.1 Å². The summed E-state index contributed by atoms with van der Waals surface area (Å²) in [6, 6.07) is 2.29. The van der Waals surface area contributed by atoms with Crippen molar-refractivity contribution >= 4 is 23.3 Å². The lowest BCUT2D eigenvalue weighted by Gasteiger charge is -2.43. The van der Waals surface area contributed by atoms with E-state index in [0.717, 1.165) is 44.6 Å². The number of likely N-dealkylation sites (tertiary alicyclic amines) is 1. The highest BCUT2D eigenvalue weighted by Crippen LogP contribution is 2.20. The van der Waals surface area contributed by atoms with Crippen molar-refractivity contribution in [1.82, 2.24) is 14.7 Å². The molecule has 0 N–H and O–H groups in total. The summed E-state index contributed by atoms with van der Waals surface area (Å²) in [7, 11) is 0. The standard InChI is InChI=1S/C17H25N3O3S/c1-2-23-17(22)19-9-7-18(8-10-19)15-4-3-6-20(12-15)16(21)14-5-11-24-13-14/h5,11,13,15H,2-4,6-10,12H2,1H3/t15-/m0/s1. The second-order valence-electron chi connectivity index (χ2n) is 6.28. The second kappa shape index (κ2) is 7.98. The van der Waals surface area contributed by atoms with Crippen LogP contribution in [-0.2, 0) is 4.74 Å². The maximum atomic E-state index is 12.5. The smallest absolute Gasteiger partial charge is 0.409 e. The van der Waals surface area contributed by atoms with Crippen molar-refractivity contribution < 1.29 is 14.3 Å². The van der Waals surface area contributed by atoms with Gasteiger partial charge in [0, 0.05) is 50.7 Å². The molecule has 3 heterocycles. The maximum absolute atomic E-state index is 12.5. The number of amides is 2. The van der Waals surface area contributed by atoms with E-state index in [0.29, 0.717) is 25.7 Å². The van der Waals surface area contributed by atoms with E-state index < -0.39 is 0 Å². The number of piperazine rings is 1. The summed E-state index contributed by atoms with van der Waals surface area (Å²) < 4.78 is 5.07. The average molecular weight is 351 g/mol. The number of ether oxygens (including phenoxy) is 1. The third-order valence-electron chi connectivity index (χ3n) is 4.81. The van der Waals surface area contributed by atoms with Gasteiger partial charge in [-0.25, -0.2) is 4.79 Å². The normalized spacial score (nSPS) is 22.5. The molecule has 1 atom stereocenters. The minimum absolute atomic E-state index is 0.145. The first-order valence-electron chi connectivity index (χ1n) is 8.66. The Kier molecular flexibility index (Phi) is 5.73. The highest BCUT2D eigenvalue weighted by Gasteiger charge is 2.31. The molecule has 0 radical (unpaired) electrons. The van der Waals surface area contributed by atoms with E-state index in [9.17, 15) is 9.59 Å². The van der Waals surface area contributed by atoms with Crippen molar-refractivity contribution in [2.75, 3.05) is 45.9 Å². The molecular formula is C17H25N3O3S. The minimum atomic E-state index is -0.213. The van der Waals surface area contributed by atoms with Gasteiger partial charge in [0.15, 0.2) is 0 Å². The fourth-order valence-electron chi connectivity index (χ4n) is 3.49. The predicted molar refractivity (Wildman–Crippen MR) is 93.4 cm³/mol. The summed E-state index contributed by atoms with van der Waals surface area (Å²) in [6.07, 6.45) is 1.95. The van der Waals surface area contributed by atoms with Crippen LogP contribution in [0, 0.1) is 0 Å². The van der Waals surface area contributed by atoms with Crippen molar-refractivity contribution in [2.24, 2.45) is 0 Å². The highest BCUT2D eigenvalue weighted by atomic mass is 32.1. The minimum Gasteiger partial charge on any atom is -0.450 e. The lowest BCUT2D eigenvalue weighted by atomic mass is 10.0. The molecule has 24 heavy (non-hydrogen) atoms. The Hall–Kier alpha value is -1.60. The number of thiophene rings is 1. The van der Waals surface area contributed by atoms with E-state index >= 15 is 0 Å². The largest absolute Gasteiger partial charge is 0.450 e. The molecule has 3 rings (SSSR count). The van der Waals surface area contributed by atoms with Crippen LogP contribution in [0.15, 0.2) is 16.8 Å². The molecule has 0 aromatic carbocycles. The van der Waals surface area contributed by atoms with Crippen molar-refractivity contribution in [3.63, 3.8) is 0 Å². The molecule has 0 bridgehead atoms. The molecule has 1 aromatic rings. The van der Waals surface area contributed by atoms with E-state index in [1.165, 1.54) is 0 Å². The quantitative estimate of drug-likeness (QED) is 0.837. The van der Waals surface area contributed by atoms with Gasteiger partial charge in [0.1, 0.15) is 0 Å². The number of carbonyl (C=O) groups is 2. The molecule has 0 spiro atoms. The monoisotopic (exact) mass is 351 g/mol. The van der Waals surface area contributed by atoms with Gasteiger partial charge in [0.05, 0.1) is 12.2 Å². The average Bonchev–Trinajstić information content (AvgIpc) is 3.16. The van der Waals surface area contributed by atoms with Crippen molar-refractivity contribution in [2.45, 2.75) is 25.8 Å². The van der Waals surface area contributed by atoms with Gasteiger partial charge in [-0.3, -0.25) is 9.69 Å². The molecule has 0 aliphatic carbocycles. The highest BCUT2D eigenvalue weighted by molar-refractivity contribution is 7.08. The van der Waals surface area contributed by atoms with Gasteiger partial charge in [-0.1, -0.05) is 0 Å². The number of piperidine rings is 1. The Balaban J connectivity index is 1.52. The molecular weight excluding hydrogens is 326 g/mol. The molecule has 0 unspecified atom stereocenters. The second-order valence-corrected chi connectivity index (χ2v) is 7.06. The number of hydrogen-bond donors (Lipinski definition) is 0. The van der Waals surface area contributed by atoms with Gasteiger partial charge in [0.2, 0.25) is 0 Å². The van der Waals surface area contributed by atoms with E-state index in [1.54, 1.807) is 16.2 Å². The van der Waals surface area contributed by atoms with Crippen LogP contribution in [0.1, 0.15) is 30.1 Å². The molecule has 2 aliphatic heterocycles. The summed E-state index contributed by atoms with van der Waals surface area (Å²) in [5.74, 6) is 0.145. The van der Waals surface area contributed by atoms with Gasteiger partial charge >= 0.3 is 6.09 Å². The van der Waals surface area contributed by atoms with Crippen molar-refractivity contribution in [3.05, 3.63) is 22.4 Å². The van der Waals surface area contributed by atoms with Crippen LogP contribution in [0.2, 0.25) is 0 Å². The maximum Gasteiger partial charge on any atom is 0.409 e. The Labute approximate surface area is 147 Å². The molecule has 6 nitrogen and oxygen atoms in total. The van der Waals surface area contributed by atoms with Gasteiger partial charge in [-0.2, -0.15) is 11.3 Å². The van der Waals surface area contributed by atoms with Gasteiger partial charge in [-0.05, 0) is 31.2 Å². The van der Waals surface area contributed by atoms with Gasteiger partial charge in [-0.15, -0.1) is 0 Å². The molecule has 0 saturated carbocycles. The van der Waals surface area contributed by atoms with Crippen LogP contribution in [0.4, 0.5) is 4.79 Å². The molecule has 132 valence electrons. The summed E-state index contributed by atoms with van der Waals surface area (Å²) in [6.45, 7) is 6.98. The zero-order chi connectivity index (χ0) is 16.9. The molecule has 2 aliphatic rings. The van der Waals surface area contributed by atoms with Crippen molar-refractivity contribution in [1.29, 1.82) is 0 Å². The van der Waals surface area contributed by atoms with E-state index in [2.05, 4.69) is 4.90 Å². The van der Waals surface area contributed by atoms with E-state index in [4.69, 9.17) is 4.74 Å². The Morgan fingerprint density at radius 2 is 2.00 bits per heavy atom. The summed E-state index contributed by atoms with van der Waals surface area (Å²) in [4.78, 5) is 30.5. The lowest BCUT2D eigenvalue weighted by Crippen LogP contribution is -2.56. The number of hydrogen-bond acceptors (Lipinski definition) is 5. The third-order valence-corrected chi connectivity index (χ3v) is 5.49. The fraction of sp³-hybridized carbons (Fsp3) is 0.647. The van der Waals surface area contributed by atoms with Gasteiger partial charge < -0.3 is 14.5 Å². The van der Waals surface area contributed by atoms with Crippen LogP contribution in [-0.4, -0.2) is 78.6 Å². The number of carbonyl (C=O) groups excluding carboxylic acids is 2. The zero-order valence-corrected chi connectivity index (χ0v) is 15.0. The molecule has 2 amide bonds. The molecule has 7 heteroatoms. The van der Waals surface area contributed by atoms with Crippen LogP contribution in [0.5, 0.6) is 0 Å². The number of rotatable bonds is 3. The SMILES string of the molecule is CCOC(=O)N1CCN([C@H]2CCCN(C(=O)c3ccsc3)C2)CC1. The summed E-state index contributed by atoms with van der Waals surface area (Å²) in [5.41, 5.74) is 0.799. The lowest BCUT2D eigenvalue weighted by molar-refractivity contribution is 0.0378. The Morgan fingerprint density at radius 1 is 1.21 bits per heavy atom. The van der Waals surface area contributed by atoms with Crippen LogP contribution in [0.3, 0.4) is 0 Å². The number of nitrogens with zero attached hydrogens (tertiary/aromatic N) is 3. The molecule has 2 saturated heterocycles. The zero-order valence-electron chi connectivity index (χ0n) is 14.1. The van der Waals surface area contributed by atoms with Crippen LogP contribution < -0.4 is 0 Å². The van der Waals surface area contributed by atoms with Crippen LogP contribution >= 0.6 is 11.3 Å². The predicted octanol–water partition coefficient (Wildman–Crippen LogP) is 2.13.